The molecule has 0 spiro atoms. The van der Waals surface area contributed by atoms with Crippen LogP contribution in [0.25, 0.3) is 0 Å². The van der Waals surface area contributed by atoms with Crippen molar-refractivity contribution >= 4 is 55.1 Å². The second kappa shape index (κ2) is 6.67. The normalized spacial score (nSPS) is 12.3. The Morgan fingerprint density at radius 1 is 1.00 bits per heavy atom. The molecule has 2 aromatic carbocycles. The summed E-state index contributed by atoms with van der Waals surface area (Å²) < 4.78 is 7.32. The SMILES string of the molecule is C[C@H](N)c1ccc(Oc2cc(Cl)c(Br)cc2Cl)c(Br)c1. The van der Waals surface area contributed by atoms with Crippen LogP contribution < -0.4 is 10.5 Å². The van der Waals surface area contributed by atoms with Crippen LogP contribution in [0.4, 0.5) is 0 Å². The van der Waals surface area contributed by atoms with Gasteiger partial charge < -0.3 is 10.5 Å². The van der Waals surface area contributed by atoms with E-state index in [1.54, 1.807) is 12.1 Å². The van der Waals surface area contributed by atoms with Gasteiger partial charge in [0.25, 0.3) is 0 Å². The van der Waals surface area contributed by atoms with Gasteiger partial charge in [0, 0.05) is 16.6 Å². The number of ether oxygens (including phenoxy) is 1. The van der Waals surface area contributed by atoms with Gasteiger partial charge in [0.05, 0.1) is 14.5 Å². The molecule has 0 bridgehead atoms. The van der Waals surface area contributed by atoms with Crippen molar-refractivity contribution in [1.82, 2.24) is 0 Å². The summed E-state index contributed by atoms with van der Waals surface area (Å²) in [7, 11) is 0. The highest BCUT2D eigenvalue weighted by Gasteiger charge is 2.11. The lowest BCUT2D eigenvalue weighted by Crippen LogP contribution is -2.04. The Morgan fingerprint density at radius 3 is 2.30 bits per heavy atom. The van der Waals surface area contributed by atoms with Gasteiger partial charge in [0.2, 0.25) is 0 Å². The maximum absolute atomic E-state index is 6.14. The molecule has 0 aliphatic carbocycles. The maximum Gasteiger partial charge on any atom is 0.147 e. The third-order valence-electron chi connectivity index (χ3n) is 2.68. The van der Waals surface area contributed by atoms with E-state index in [2.05, 4.69) is 31.9 Å². The van der Waals surface area contributed by atoms with E-state index in [1.807, 2.05) is 25.1 Å². The number of benzene rings is 2. The Balaban J connectivity index is 2.33. The van der Waals surface area contributed by atoms with Gasteiger partial charge in [-0.25, -0.2) is 0 Å². The minimum absolute atomic E-state index is 0.0361. The van der Waals surface area contributed by atoms with E-state index in [0.29, 0.717) is 21.5 Å². The van der Waals surface area contributed by atoms with E-state index in [1.165, 1.54) is 0 Å². The van der Waals surface area contributed by atoms with Crippen LogP contribution in [0.1, 0.15) is 18.5 Å². The largest absolute Gasteiger partial charge is 0.455 e. The van der Waals surface area contributed by atoms with E-state index >= 15 is 0 Å². The molecule has 0 aliphatic rings. The monoisotopic (exact) mass is 437 g/mol. The van der Waals surface area contributed by atoms with E-state index in [0.717, 1.165) is 14.5 Å². The molecule has 2 nitrogen and oxygen atoms in total. The van der Waals surface area contributed by atoms with Crippen molar-refractivity contribution < 1.29 is 4.74 Å². The van der Waals surface area contributed by atoms with E-state index in [-0.39, 0.29) is 6.04 Å². The second-order valence-corrected chi connectivity index (χ2v) is 6.80. The van der Waals surface area contributed by atoms with Crippen molar-refractivity contribution in [2.75, 3.05) is 0 Å². The van der Waals surface area contributed by atoms with Gasteiger partial charge in [-0.1, -0.05) is 29.3 Å². The topological polar surface area (TPSA) is 35.2 Å². The number of nitrogens with two attached hydrogens (primary N) is 1. The zero-order chi connectivity index (χ0) is 14.9. The molecule has 0 fully saturated rings. The van der Waals surface area contributed by atoms with Crippen LogP contribution in [-0.2, 0) is 0 Å². The molecular formula is C14H11Br2Cl2NO. The highest BCUT2D eigenvalue weighted by Crippen LogP contribution is 2.38. The van der Waals surface area contributed by atoms with Crippen LogP contribution >= 0.6 is 55.1 Å². The van der Waals surface area contributed by atoms with E-state index in [9.17, 15) is 0 Å². The summed E-state index contributed by atoms with van der Waals surface area (Å²) in [4.78, 5) is 0. The highest BCUT2D eigenvalue weighted by molar-refractivity contribution is 9.10. The molecule has 0 saturated heterocycles. The molecule has 2 rings (SSSR count). The van der Waals surface area contributed by atoms with Gasteiger partial charge in [0.15, 0.2) is 0 Å². The fraction of sp³-hybridized carbons (Fsp3) is 0.143. The molecule has 20 heavy (non-hydrogen) atoms. The van der Waals surface area contributed by atoms with Gasteiger partial charge >= 0.3 is 0 Å². The van der Waals surface area contributed by atoms with Crippen LogP contribution in [0.2, 0.25) is 10.0 Å². The van der Waals surface area contributed by atoms with Crippen LogP contribution in [0.15, 0.2) is 39.3 Å². The molecule has 106 valence electrons. The van der Waals surface area contributed by atoms with Gasteiger partial charge in [0.1, 0.15) is 11.5 Å². The lowest BCUT2D eigenvalue weighted by atomic mass is 10.1. The van der Waals surface area contributed by atoms with Gasteiger partial charge in [-0.2, -0.15) is 0 Å². The Bertz CT molecular complexity index is 647. The summed E-state index contributed by atoms with van der Waals surface area (Å²) >= 11 is 19.0. The molecule has 2 N–H and O–H groups in total. The molecule has 2 aromatic rings. The molecule has 0 saturated carbocycles. The third kappa shape index (κ3) is 3.68. The molecule has 0 unspecified atom stereocenters. The number of rotatable bonds is 3. The first-order valence-corrected chi connectivity index (χ1v) is 8.10. The maximum atomic E-state index is 6.14. The minimum atomic E-state index is -0.0361. The van der Waals surface area contributed by atoms with Gasteiger partial charge in [-0.3, -0.25) is 0 Å². The van der Waals surface area contributed by atoms with E-state index < -0.39 is 0 Å². The highest BCUT2D eigenvalue weighted by atomic mass is 79.9. The first kappa shape index (κ1) is 16.1. The van der Waals surface area contributed by atoms with Crippen molar-refractivity contribution in [3.8, 4) is 11.5 Å². The summed E-state index contributed by atoms with van der Waals surface area (Å²) in [6.45, 7) is 1.92. The smallest absolute Gasteiger partial charge is 0.147 e. The third-order valence-corrected chi connectivity index (χ3v) is 4.79. The van der Waals surface area contributed by atoms with Crippen molar-refractivity contribution in [2.45, 2.75) is 13.0 Å². The minimum Gasteiger partial charge on any atom is -0.455 e. The quantitative estimate of drug-likeness (QED) is 0.567. The van der Waals surface area contributed by atoms with Crippen LogP contribution in [-0.4, -0.2) is 0 Å². The summed E-state index contributed by atoms with van der Waals surface area (Å²) in [6.07, 6.45) is 0. The Labute approximate surface area is 144 Å². The van der Waals surface area contributed by atoms with Gasteiger partial charge in [-0.05, 0) is 62.5 Å². The Morgan fingerprint density at radius 2 is 1.70 bits per heavy atom. The van der Waals surface area contributed by atoms with Crippen LogP contribution in [0, 0.1) is 0 Å². The fourth-order valence-electron chi connectivity index (χ4n) is 1.58. The van der Waals surface area contributed by atoms with Crippen molar-refractivity contribution in [3.05, 3.63) is 54.9 Å². The molecule has 6 heteroatoms. The predicted molar refractivity (Wildman–Crippen MR) is 91.0 cm³/mol. The number of hydrogen-bond acceptors (Lipinski definition) is 2. The number of halogens is 4. The summed E-state index contributed by atoms with van der Waals surface area (Å²) in [5.41, 5.74) is 6.86. The number of hydrogen-bond donors (Lipinski definition) is 1. The fourth-order valence-corrected chi connectivity index (χ4v) is 2.89. The van der Waals surface area contributed by atoms with Crippen LogP contribution in [0.5, 0.6) is 11.5 Å². The summed E-state index contributed by atoms with van der Waals surface area (Å²) in [5, 5.41) is 1.01. The van der Waals surface area contributed by atoms with Crippen molar-refractivity contribution in [1.29, 1.82) is 0 Å². The molecule has 1 atom stereocenters. The molecule has 0 amide bonds. The molecule has 0 aliphatic heterocycles. The Kier molecular flexibility index (Phi) is 5.37. The predicted octanol–water partition coefficient (Wildman–Crippen LogP) is 6.33. The molecular weight excluding hydrogens is 429 g/mol. The van der Waals surface area contributed by atoms with Crippen molar-refractivity contribution in [3.63, 3.8) is 0 Å². The summed E-state index contributed by atoms with van der Waals surface area (Å²) in [5.74, 6) is 1.14. The Hall–Kier alpha value is -0.260. The zero-order valence-corrected chi connectivity index (χ0v) is 15.1. The second-order valence-electron chi connectivity index (χ2n) is 4.28. The van der Waals surface area contributed by atoms with E-state index in [4.69, 9.17) is 33.7 Å². The molecule has 0 aromatic heterocycles. The first-order valence-electron chi connectivity index (χ1n) is 5.76. The lowest BCUT2D eigenvalue weighted by molar-refractivity contribution is 0.479. The first-order chi connectivity index (χ1) is 9.38. The average molecular weight is 440 g/mol. The molecule has 0 heterocycles. The standard InChI is InChI=1S/C14H11Br2Cl2NO/c1-7(19)8-2-3-13(10(16)4-8)20-14-6-11(17)9(15)5-12(14)18/h2-7H,19H2,1H3/t7-/m0/s1. The lowest BCUT2D eigenvalue weighted by Gasteiger charge is -2.12. The van der Waals surface area contributed by atoms with Gasteiger partial charge in [-0.15, -0.1) is 0 Å². The zero-order valence-electron chi connectivity index (χ0n) is 10.5. The van der Waals surface area contributed by atoms with Crippen LogP contribution in [0.3, 0.4) is 0 Å². The average Bonchev–Trinajstić information content (AvgIpc) is 2.37. The molecule has 0 radical (unpaired) electrons. The van der Waals surface area contributed by atoms with Crippen molar-refractivity contribution in [2.24, 2.45) is 5.73 Å². The summed E-state index contributed by atoms with van der Waals surface area (Å²) in [6, 6.07) is 9.01.